The van der Waals surface area contributed by atoms with Gasteiger partial charge in [0.1, 0.15) is 23.7 Å². The number of aryl methyl sites for hydroxylation is 1. The number of ether oxygens (including phenoxy) is 1. The van der Waals surface area contributed by atoms with E-state index in [4.69, 9.17) is 17.2 Å². The van der Waals surface area contributed by atoms with Gasteiger partial charge >= 0.3 is 0 Å². The van der Waals surface area contributed by atoms with E-state index in [2.05, 4.69) is 19.6 Å². The Morgan fingerprint density at radius 2 is 2.07 bits per heavy atom. The lowest BCUT2D eigenvalue weighted by Gasteiger charge is -2.15. The Balaban J connectivity index is 1.66. The highest BCUT2D eigenvalue weighted by atomic mass is 32.1. The van der Waals surface area contributed by atoms with Gasteiger partial charge in [-0.2, -0.15) is 4.36 Å². The van der Waals surface area contributed by atoms with Crippen LogP contribution in [0.4, 0.5) is 30.4 Å². The molecule has 1 aliphatic rings. The van der Waals surface area contributed by atoms with Crippen LogP contribution in [-0.2, 0) is 12.4 Å². The molecule has 9 heteroatoms. The third-order valence-corrected chi connectivity index (χ3v) is 4.83. The molecule has 0 spiro atoms. The van der Waals surface area contributed by atoms with Crippen LogP contribution < -0.4 is 10.1 Å². The minimum atomic E-state index is -2.70. The molecule has 0 bridgehead atoms. The summed E-state index contributed by atoms with van der Waals surface area (Å²) in [6.45, 7) is 1.69. The van der Waals surface area contributed by atoms with Gasteiger partial charge in [-0.15, -0.1) is 0 Å². The van der Waals surface area contributed by atoms with Gasteiger partial charge in [0.05, 0.1) is 29.4 Å². The van der Waals surface area contributed by atoms with Crippen molar-refractivity contribution in [2.75, 3.05) is 11.9 Å². The Bertz CT molecular complexity index is 1080. The average molecular weight is 404 g/mol. The molecule has 1 fully saturated rings. The predicted octanol–water partition coefficient (Wildman–Crippen LogP) is 5.22. The van der Waals surface area contributed by atoms with E-state index in [1.54, 1.807) is 12.1 Å². The summed E-state index contributed by atoms with van der Waals surface area (Å²) in [7, 11) is 0. The fourth-order valence-corrected chi connectivity index (χ4v) is 3.11. The Morgan fingerprint density at radius 3 is 2.79 bits per heavy atom. The van der Waals surface area contributed by atoms with Crippen molar-refractivity contribution < 1.29 is 17.9 Å². The number of aromatic nitrogens is 2. The molecule has 1 saturated carbocycles. The summed E-state index contributed by atoms with van der Waals surface area (Å²) in [5.74, 6) is -3.44. The molecule has 4 rings (SSSR count). The van der Waals surface area contributed by atoms with Gasteiger partial charge in [-0.1, -0.05) is 0 Å². The SMILES string of the molecule is Cc1cc(N=S)cc2ncnc(Nc3ccc(F)cc3OCC3CC3(F)F)c12. The van der Waals surface area contributed by atoms with E-state index in [0.717, 1.165) is 17.0 Å². The lowest BCUT2D eigenvalue weighted by molar-refractivity contribution is 0.0856. The second-order valence-corrected chi connectivity index (χ2v) is 6.89. The third-order valence-electron chi connectivity index (χ3n) is 4.62. The minimum absolute atomic E-state index is 0.143. The highest BCUT2D eigenvalue weighted by molar-refractivity contribution is 7.47. The van der Waals surface area contributed by atoms with E-state index in [1.165, 1.54) is 18.5 Å². The molecule has 1 atom stereocenters. The van der Waals surface area contributed by atoms with Gasteiger partial charge < -0.3 is 10.1 Å². The van der Waals surface area contributed by atoms with Crippen molar-refractivity contribution in [3.8, 4) is 5.75 Å². The highest BCUT2D eigenvalue weighted by Crippen LogP contribution is 2.49. The maximum atomic E-state index is 13.7. The molecule has 3 aromatic rings. The predicted molar refractivity (Wildman–Crippen MR) is 102 cm³/mol. The first-order valence-electron chi connectivity index (χ1n) is 8.53. The molecule has 1 unspecified atom stereocenters. The smallest absolute Gasteiger partial charge is 0.255 e. The van der Waals surface area contributed by atoms with E-state index in [9.17, 15) is 13.2 Å². The summed E-state index contributed by atoms with van der Waals surface area (Å²) in [5, 5.41) is 3.84. The molecule has 2 aromatic carbocycles. The number of fused-ring (bicyclic) bond motifs is 1. The van der Waals surface area contributed by atoms with Gasteiger partial charge in [0, 0.05) is 30.3 Å². The Labute approximate surface area is 164 Å². The minimum Gasteiger partial charge on any atom is -0.491 e. The zero-order valence-corrected chi connectivity index (χ0v) is 15.6. The van der Waals surface area contributed by atoms with Gasteiger partial charge in [-0.25, -0.2) is 23.1 Å². The van der Waals surface area contributed by atoms with Crippen LogP contribution >= 0.6 is 0 Å². The summed E-state index contributed by atoms with van der Waals surface area (Å²) < 4.78 is 49.1. The fourth-order valence-electron chi connectivity index (χ4n) is 3.01. The second kappa shape index (κ2) is 6.97. The monoisotopic (exact) mass is 404 g/mol. The molecule has 1 heterocycles. The lowest BCUT2D eigenvalue weighted by Crippen LogP contribution is -2.07. The largest absolute Gasteiger partial charge is 0.491 e. The zero-order valence-electron chi connectivity index (χ0n) is 14.7. The molecule has 5 nitrogen and oxygen atoms in total. The molecule has 0 saturated heterocycles. The first kappa shape index (κ1) is 18.5. The summed E-state index contributed by atoms with van der Waals surface area (Å²) in [6.07, 6.45) is 1.17. The molecule has 0 radical (unpaired) electrons. The topological polar surface area (TPSA) is 59.4 Å². The van der Waals surface area contributed by atoms with Gasteiger partial charge in [-0.05, 0) is 36.8 Å². The molecule has 144 valence electrons. The van der Waals surface area contributed by atoms with Crippen molar-refractivity contribution in [1.82, 2.24) is 9.97 Å². The third kappa shape index (κ3) is 3.62. The lowest BCUT2D eigenvalue weighted by atomic mass is 10.1. The van der Waals surface area contributed by atoms with E-state index >= 15 is 0 Å². The quantitative estimate of drug-likeness (QED) is 0.611. The Kier molecular flexibility index (Phi) is 4.62. The Hall–Kier alpha value is -2.81. The van der Waals surface area contributed by atoms with Crippen LogP contribution in [0.1, 0.15) is 12.0 Å². The van der Waals surface area contributed by atoms with Crippen LogP contribution in [0.25, 0.3) is 10.9 Å². The molecular weight excluding hydrogens is 389 g/mol. The van der Waals surface area contributed by atoms with Gasteiger partial charge in [0.15, 0.2) is 0 Å². The van der Waals surface area contributed by atoms with Crippen LogP contribution in [0.2, 0.25) is 0 Å². The summed E-state index contributed by atoms with van der Waals surface area (Å²) >= 11 is 4.74. The van der Waals surface area contributed by atoms with Crippen molar-refractivity contribution in [1.29, 1.82) is 0 Å². The van der Waals surface area contributed by atoms with Gasteiger partial charge in [-0.3, -0.25) is 0 Å². The number of anilines is 2. The maximum absolute atomic E-state index is 13.7. The molecule has 28 heavy (non-hydrogen) atoms. The normalized spacial score (nSPS) is 17.4. The van der Waals surface area contributed by atoms with E-state index in [0.29, 0.717) is 22.7 Å². The molecule has 1 aliphatic carbocycles. The number of hydrogen-bond acceptors (Lipinski definition) is 6. The summed E-state index contributed by atoms with van der Waals surface area (Å²) in [5.41, 5.74) is 2.53. The zero-order chi connectivity index (χ0) is 19.9. The number of nitrogens with zero attached hydrogens (tertiary/aromatic N) is 3. The van der Waals surface area contributed by atoms with Crippen LogP contribution in [0.3, 0.4) is 0 Å². The second-order valence-electron chi connectivity index (χ2n) is 6.71. The molecule has 0 amide bonds. The van der Waals surface area contributed by atoms with E-state index in [-0.39, 0.29) is 18.8 Å². The fraction of sp³-hybridized carbons (Fsp3) is 0.263. The first-order valence-corrected chi connectivity index (χ1v) is 8.90. The van der Waals surface area contributed by atoms with Crippen molar-refractivity contribution in [2.24, 2.45) is 10.3 Å². The van der Waals surface area contributed by atoms with Crippen LogP contribution in [0.5, 0.6) is 5.75 Å². The van der Waals surface area contributed by atoms with E-state index < -0.39 is 17.7 Å². The number of alkyl halides is 2. The first-order chi connectivity index (χ1) is 13.4. The molecule has 1 aromatic heterocycles. The molecule has 1 N–H and O–H groups in total. The molecular formula is C19H15F3N4OS. The van der Waals surface area contributed by atoms with Crippen LogP contribution in [0, 0.1) is 18.7 Å². The number of hydrogen-bond donors (Lipinski definition) is 1. The average Bonchev–Trinajstić information content (AvgIpc) is 3.28. The number of rotatable bonds is 6. The van der Waals surface area contributed by atoms with Crippen LogP contribution in [0.15, 0.2) is 41.0 Å². The van der Waals surface area contributed by atoms with E-state index in [1.807, 2.05) is 6.92 Å². The maximum Gasteiger partial charge on any atom is 0.255 e. The number of nitrogens with one attached hydrogen (secondary N) is 1. The van der Waals surface area contributed by atoms with Gasteiger partial charge in [0.25, 0.3) is 5.92 Å². The highest BCUT2D eigenvalue weighted by Gasteiger charge is 2.57. The van der Waals surface area contributed by atoms with Crippen molar-refractivity contribution >= 4 is 40.5 Å². The molecule has 0 aliphatic heterocycles. The summed E-state index contributed by atoms with van der Waals surface area (Å²) in [4.78, 5) is 8.51. The number of benzene rings is 2. The standard InChI is InChI=1S/C19H15F3N4OS/c1-10-4-13(26-28)6-15-17(10)18(24-9-23-15)25-14-3-2-12(20)5-16(14)27-8-11-7-19(11,21)22/h2-6,9,11H,7-8H2,1H3,(H,23,24,25). The van der Waals surface area contributed by atoms with Crippen molar-refractivity contribution in [3.63, 3.8) is 0 Å². The van der Waals surface area contributed by atoms with Crippen molar-refractivity contribution in [3.05, 3.63) is 48.0 Å². The number of halogens is 3. The summed E-state index contributed by atoms with van der Waals surface area (Å²) in [6, 6.07) is 7.44. The van der Waals surface area contributed by atoms with Crippen LogP contribution in [-0.4, -0.2) is 22.5 Å². The Morgan fingerprint density at radius 1 is 1.29 bits per heavy atom. The van der Waals surface area contributed by atoms with Gasteiger partial charge in [0.2, 0.25) is 0 Å². The van der Waals surface area contributed by atoms with Crippen molar-refractivity contribution in [2.45, 2.75) is 19.3 Å².